The van der Waals surface area contributed by atoms with Crippen LogP contribution in [0.3, 0.4) is 0 Å². The first kappa shape index (κ1) is 15.3. The van der Waals surface area contributed by atoms with Gasteiger partial charge in [0, 0.05) is 18.4 Å². The first-order valence-electron chi connectivity index (χ1n) is 7.14. The van der Waals surface area contributed by atoms with Crippen LogP contribution in [0.2, 0.25) is 0 Å². The summed E-state index contributed by atoms with van der Waals surface area (Å²) in [6.07, 6.45) is 1.15. The van der Waals surface area contributed by atoms with Crippen molar-refractivity contribution < 1.29 is 14.2 Å². The topological polar surface area (TPSA) is 58.4 Å². The van der Waals surface area contributed by atoms with E-state index in [0.717, 1.165) is 41.1 Å². The molecule has 7 heteroatoms. The monoisotopic (exact) mass is 321 g/mol. The van der Waals surface area contributed by atoms with Gasteiger partial charge in [-0.25, -0.2) is 0 Å². The highest BCUT2D eigenvalue weighted by atomic mass is 32.2. The normalized spacial score (nSPS) is 18.4. The second-order valence-corrected chi connectivity index (χ2v) is 6.00. The zero-order valence-corrected chi connectivity index (χ0v) is 13.5. The van der Waals surface area contributed by atoms with Gasteiger partial charge < -0.3 is 18.8 Å². The van der Waals surface area contributed by atoms with Crippen molar-refractivity contribution in [1.29, 1.82) is 0 Å². The molecule has 1 aromatic carbocycles. The summed E-state index contributed by atoms with van der Waals surface area (Å²) in [7, 11) is 3.64. The van der Waals surface area contributed by atoms with Crippen molar-refractivity contribution in [1.82, 2.24) is 14.8 Å². The van der Waals surface area contributed by atoms with Gasteiger partial charge in [0.2, 0.25) is 0 Å². The molecule has 1 atom stereocenters. The molecule has 0 radical (unpaired) electrons. The van der Waals surface area contributed by atoms with E-state index < -0.39 is 0 Å². The molecule has 3 rings (SSSR count). The molecule has 0 N–H and O–H groups in total. The summed E-state index contributed by atoms with van der Waals surface area (Å²) in [5.41, 5.74) is 1.02. The smallest absolute Gasteiger partial charge is 0.191 e. The molecule has 0 saturated carbocycles. The first-order chi connectivity index (χ1) is 10.8. The van der Waals surface area contributed by atoms with Gasteiger partial charge in [-0.15, -0.1) is 10.2 Å². The minimum absolute atomic E-state index is 0.222. The number of rotatable bonds is 5. The second kappa shape index (κ2) is 7.13. The molecule has 1 aliphatic rings. The lowest BCUT2D eigenvalue weighted by molar-refractivity contribution is -0.130. The van der Waals surface area contributed by atoms with Crippen LogP contribution in [0.1, 0.15) is 6.42 Å². The van der Waals surface area contributed by atoms with Gasteiger partial charge in [0.15, 0.2) is 11.0 Å². The van der Waals surface area contributed by atoms with Crippen LogP contribution in [0, 0.1) is 0 Å². The van der Waals surface area contributed by atoms with E-state index in [4.69, 9.17) is 14.2 Å². The fourth-order valence-electron chi connectivity index (χ4n) is 2.23. The lowest BCUT2D eigenvalue weighted by Gasteiger charge is -2.21. The average Bonchev–Trinajstić information content (AvgIpc) is 2.95. The molecular formula is C15H19N3O3S. The molecule has 1 saturated heterocycles. The Labute approximate surface area is 133 Å². The molecule has 1 aliphatic heterocycles. The minimum atomic E-state index is 0.222. The Morgan fingerprint density at radius 2 is 2.14 bits per heavy atom. The zero-order valence-electron chi connectivity index (χ0n) is 12.7. The Kier molecular flexibility index (Phi) is 4.97. The molecule has 0 unspecified atom stereocenters. The van der Waals surface area contributed by atoms with Gasteiger partial charge in [0.1, 0.15) is 12.5 Å². The standard InChI is InChI=1S/C15H19N3O3S/c1-18-14(11-3-5-12(19-2)6-4-11)16-17-15(18)22-9-13-7-8-20-10-21-13/h3-6,13H,7-10H2,1-2H3/t13-/m1/s1. The molecule has 22 heavy (non-hydrogen) atoms. The van der Waals surface area contributed by atoms with Crippen LogP contribution < -0.4 is 4.74 Å². The second-order valence-electron chi connectivity index (χ2n) is 5.01. The molecule has 2 heterocycles. The first-order valence-corrected chi connectivity index (χ1v) is 8.12. The Morgan fingerprint density at radius 1 is 1.32 bits per heavy atom. The quantitative estimate of drug-likeness (QED) is 0.788. The van der Waals surface area contributed by atoms with E-state index in [1.54, 1.807) is 18.9 Å². The summed E-state index contributed by atoms with van der Waals surface area (Å²) in [5, 5.41) is 9.46. The van der Waals surface area contributed by atoms with Gasteiger partial charge in [-0.1, -0.05) is 11.8 Å². The van der Waals surface area contributed by atoms with Crippen molar-refractivity contribution >= 4 is 11.8 Å². The number of nitrogens with zero attached hydrogens (tertiary/aromatic N) is 3. The Bertz CT molecular complexity index is 609. The Morgan fingerprint density at radius 3 is 2.82 bits per heavy atom. The van der Waals surface area contributed by atoms with Gasteiger partial charge in [-0.2, -0.15) is 0 Å². The Balaban J connectivity index is 1.68. The van der Waals surface area contributed by atoms with E-state index >= 15 is 0 Å². The number of thioether (sulfide) groups is 1. The average molecular weight is 321 g/mol. The summed E-state index contributed by atoms with van der Waals surface area (Å²) in [6.45, 7) is 1.16. The van der Waals surface area contributed by atoms with Crippen molar-refractivity contribution in [3.63, 3.8) is 0 Å². The van der Waals surface area contributed by atoms with Crippen molar-refractivity contribution in [3.05, 3.63) is 24.3 Å². The van der Waals surface area contributed by atoms with Crippen LogP contribution in [0.4, 0.5) is 0 Å². The van der Waals surface area contributed by atoms with Crippen molar-refractivity contribution in [2.75, 3.05) is 26.3 Å². The largest absolute Gasteiger partial charge is 0.497 e. The number of ether oxygens (including phenoxy) is 3. The molecule has 118 valence electrons. The van der Waals surface area contributed by atoms with Crippen LogP contribution >= 0.6 is 11.8 Å². The van der Waals surface area contributed by atoms with Gasteiger partial charge in [0.25, 0.3) is 0 Å². The third-order valence-electron chi connectivity index (χ3n) is 3.55. The number of hydrogen-bond acceptors (Lipinski definition) is 6. The Hall–Kier alpha value is -1.57. The summed E-state index contributed by atoms with van der Waals surface area (Å²) in [6, 6.07) is 7.82. The van der Waals surface area contributed by atoms with E-state index in [2.05, 4.69) is 10.2 Å². The molecule has 2 aromatic rings. The number of benzene rings is 1. The fourth-order valence-corrected chi connectivity index (χ4v) is 3.21. The van der Waals surface area contributed by atoms with Crippen molar-refractivity contribution in [2.24, 2.45) is 7.05 Å². The molecule has 0 bridgehead atoms. The lowest BCUT2D eigenvalue weighted by Crippen LogP contribution is -2.25. The molecule has 1 fully saturated rings. The lowest BCUT2D eigenvalue weighted by atomic mass is 10.2. The van der Waals surface area contributed by atoms with E-state index in [9.17, 15) is 0 Å². The maximum atomic E-state index is 5.54. The molecule has 0 spiro atoms. The predicted molar refractivity (Wildman–Crippen MR) is 84.0 cm³/mol. The van der Waals surface area contributed by atoms with Crippen LogP contribution in [0.5, 0.6) is 5.75 Å². The maximum absolute atomic E-state index is 5.54. The summed E-state index contributed by atoms with van der Waals surface area (Å²) >= 11 is 1.66. The SMILES string of the molecule is COc1ccc(-c2nnc(SC[C@H]3CCOCO3)n2C)cc1. The summed E-state index contributed by atoms with van der Waals surface area (Å²) < 4.78 is 17.9. The van der Waals surface area contributed by atoms with E-state index in [1.165, 1.54) is 0 Å². The molecule has 0 amide bonds. The third-order valence-corrected chi connectivity index (χ3v) is 4.70. The van der Waals surface area contributed by atoms with Gasteiger partial charge in [-0.3, -0.25) is 0 Å². The maximum Gasteiger partial charge on any atom is 0.191 e. The van der Waals surface area contributed by atoms with Gasteiger partial charge >= 0.3 is 0 Å². The molecule has 6 nitrogen and oxygen atoms in total. The number of aromatic nitrogens is 3. The van der Waals surface area contributed by atoms with E-state index in [-0.39, 0.29) is 6.10 Å². The van der Waals surface area contributed by atoms with Crippen LogP contribution in [-0.4, -0.2) is 47.1 Å². The highest BCUT2D eigenvalue weighted by molar-refractivity contribution is 7.99. The van der Waals surface area contributed by atoms with Crippen molar-refractivity contribution in [3.8, 4) is 17.1 Å². The van der Waals surface area contributed by atoms with Gasteiger partial charge in [-0.05, 0) is 30.7 Å². The minimum Gasteiger partial charge on any atom is -0.497 e. The molecule has 0 aliphatic carbocycles. The van der Waals surface area contributed by atoms with Gasteiger partial charge in [0.05, 0.1) is 19.8 Å². The highest BCUT2D eigenvalue weighted by Gasteiger charge is 2.17. The van der Waals surface area contributed by atoms with Crippen LogP contribution in [0.15, 0.2) is 29.4 Å². The highest BCUT2D eigenvalue weighted by Crippen LogP contribution is 2.25. The summed E-state index contributed by atoms with van der Waals surface area (Å²) in [5.74, 6) is 2.54. The molecular weight excluding hydrogens is 302 g/mol. The third kappa shape index (κ3) is 3.43. The summed E-state index contributed by atoms with van der Waals surface area (Å²) in [4.78, 5) is 0. The van der Waals surface area contributed by atoms with E-state index in [1.807, 2.05) is 35.9 Å². The van der Waals surface area contributed by atoms with Crippen LogP contribution in [0.25, 0.3) is 11.4 Å². The van der Waals surface area contributed by atoms with Crippen LogP contribution in [-0.2, 0) is 16.5 Å². The fraction of sp³-hybridized carbons (Fsp3) is 0.467. The number of hydrogen-bond donors (Lipinski definition) is 0. The zero-order chi connectivity index (χ0) is 15.4. The van der Waals surface area contributed by atoms with Crippen molar-refractivity contribution in [2.45, 2.75) is 17.7 Å². The predicted octanol–water partition coefficient (Wildman–Crippen LogP) is 2.35. The number of methoxy groups -OCH3 is 1. The van der Waals surface area contributed by atoms with E-state index in [0.29, 0.717) is 6.79 Å². The molecule has 1 aromatic heterocycles.